The third kappa shape index (κ3) is 4.03. The van der Waals surface area contributed by atoms with E-state index in [9.17, 15) is 9.59 Å². The highest BCUT2D eigenvalue weighted by atomic mass is 16.2. The van der Waals surface area contributed by atoms with Gasteiger partial charge in [0.1, 0.15) is 11.7 Å². The monoisotopic (exact) mass is 469 g/mol. The lowest BCUT2D eigenvalue weighted by Crippen LogP contribution is -2.56. The summed E-state index contributed by atoms with van der Waals surface area (Å²) in [6, 6.07) is 15.1. The molecule has 2 heterocycles. The number of carbonyl (C=O) groups is 2. The standard InChI is InChI=1S/C28H31N5O2/c1-18(30-27(35)28-14-19-11-20(15-28)13-21(12-19)16-28)26(34)32-29-17-23-25(22-7-3-2-4-8-22)31-24-9-5-6-10-33(23)24/h2-10,17-21H,11-16H2,1H3,(H,30,35)(H,32,34). The Morgan fingerprint density at radius 1 is 1.03 bits per heavy atom. The van der Waals surface area contributed by atoms with Crippen LogP contribution in [0.2, 0.25) is 0 Å². The zero-order valence-corrected chi connectivity index (χ0v) is 20.0. The predicted octanol–water partition coefficient (Wildman–Crippen LogP) is 4.17. The average molecular weight is 470 g/mol. The molecule has 1 aromatic carbocycles. The van der Waals surface area contributed by atoms with Crippen LogP contribution in [-0.2, 0) is 9.59 Å². The summed E-state index contributed by atoms with van der Waals surface area (Å²) < 4.78 is 1.94. The molecule has 35 heavy (non-hydrogen) atoms. The normalized spacial score (nSPS) is 27.9. The van der Waals surface area contributed by atoms with E-state index in [1.165, 1.54) is 19.3 Å². The number of pyridine rings is 1. The van der Waals surface area contributed by atoms with Crippen molar-refractivity contribution in [1.82, 2.24) is 20.1 Å². The minimum Gasteiger partial charge on any atom is -0.344 e. The number of rotatable bonds is 6. The second-order valence-electron chi connectivity index (χ2n) is 10.8. The summed E-state index contributed by atoms with van der Waals surface area (Å²) in [7, 11) is 0. The lowest BCUT2D eigenvalue weighted by Gasteiger charge is -2.55. The van der Waals surface area contributed by atoms with Gasteiger partial charge >= 0.3 is 0 Å². The maximum absolute atomic E-state index is 13.3. The first-order valence-electron chi connectivity index (χ1n) is 12.7. The van der Waals surface area contributed by atoms with E-state index in [0.29, 0.717) is 17.8 Å². The van der Waals surface area contributed by atoms with E-state index in [4.69, 9.17) is 4.98 Å². The van der Waals surface area contributed by atoms with Crippen LogP contribution in [-0.4, -0.2) is 33.5 Å². The molecule has 1 unspecified atom stereocenters. The Hall–Kier alpha value is -3.48. The number of hydrazone groups is 1. The zero-order valence-electron chi connectivity index (χ0n) is 20.0. The summed E-state index contributed by atoms with van der Waals surface area (Å²) in [5, 5.41) is 7.24. The van der Waals surface area contributed by atoms with Crippen molar-refractivity contribution in [3.05, 3.63) is 60.4 Å². The molecular weight excluding hydrogens is 438 g/mol. The molecule has 7 rings (SSSR count). The topological polar surface area (TPSA) is 87.9 Å². The van der Waals surface area contributed by atoms with Crippen LogP contribution >= 0.6 is 0 Å². The highest BCUT2D eigenvalue weighted by Crippen LogP contribution is 2.60. The molecule has 4 aliphatic rings. The molecule has 2 N–H and O–H groups in total. The van der Waals surface area contributed by atoms with Gasteiger partial charge in [0.2, 0.25) is 5.91 Å². The number of aromatic nitrogens is 2. The van der Waals surface area contributed by atoms with Crippen molar-refractivity contribution in [2.75, 3.05) is 0 Å². The summed E-state index contributed by atoms with van der Waals surface area (Å²) in [6.45, 7) is 1.73. The molecule has 2 amide bonds. The molecule has 2 aromatic heterocycles. The molecule has 3 aromatic rings. The van der Waals surface area contributed by atoms with E-state index in [1.54, 1.807) is 13.1 Å². The number of amides is 2. The minimum absolute atomic E-state index is 0.0522. The first-order chi connectivity index (χ1) is 17.0. The van der Waals surface area contributed by atoms with Gasteiger partial charge < -0.3 is 5.32 Å². The number of hydrogen-bond donors (Lipinski definition) is 2. The Morgan fingerprint density at radius 3 is 2.37 bits per heavy atom. The second kappa shape index (κ2) is 8.63. The van der Waals surface area contributed by atoms with Crippen molar-refractivity contribution in [3.8, 4) is 11.3 Å². The highest BCUT2D eigenvalue weighted by molar-refractivity contribution is 5.92. The quantitative estimate of drug-likeness (QED) is 0.420. The molecular formula is C28H31N5O2. The maximum Gasteiger partial charge on any atom is 0.262 e. The Bertz CT molecular complexity index is 1260. The molecule has 0 saturated heterocycles. The highest BCUT2D eigenvalue weighted by Gasteiger charge is 2.54. The van der Waals surface area contributed by atoms with Gasteiger partial charge in [0, 0.05) is 17.2 Å². The number of hydrogen-bond acceptors (Lipinski definition) is 4. The number of nitrogens with one attached hydrogen (secondary N) is 2. The van der Waals surface area contributed by atoms with Crippen LogP contribution in [0.4, 0.5) is 0 Å². The third-order valence-electron chi connectivity index (χ3n) is 8.24. The second-order valence-corrected chi connectivity index (χ2v) is 10.8. The fourth-order valence-corrected chi connectivity index (χ4v) is 7.00. The third-order valence-corrected chi connectivity index (χ3v) is 8.24. The van der Waals surface area contributed by atoms with Crippen LogP contribution < -0.4 is 10.7 Å². The van der Waals surface area contributed by atoms with Crippen molar-refractivity contribution in [1.29, 1.82) is 0 Å². The van der Waals surface area contributed by atoms with Gasteiger partial charge in [-0.25, -0.2) is 10.4 Å². The fraction of sp³-hybridized carbons (Fsp3) is 0.429. The van der Waals surface area contributed by atoms with E-state index < -0.39 is 6.04 Å². The van der Waals surface area contributed by atoms with Gasteiger partial charge in [-0.2, -0.15) is 5.10 Å². The Labute approximate surface area is 205 Å². The van der Waals surface area contributed by atoms with Crippen molar-refractivity contribution in [3.63, 3.8) is 0 Å². The fourth-order valence-electron chi connectivity index (χ4n) is 7.00. The largest absolute Gasteiger partial charge is 0.344 e. The van der Waals surface area contributed by atoms with Crippen LogP contribution in [0.1, 0.15) is 51.1 Å². The number of imidazole rings is 1. The smallest absolute Gasteiger partial charge is 0.262 e. The summed E-state index contributed by atoms with van der Waals surface area (Å²) in [6.07, 6.45) is 10.3. The zero-order chi connectivity index (χ0) is 24.0. The van der Waals surface area contributed by atoms with Gasteiger partial charge in [0.05, 0.1) is 17.6 Å². The maximum atomic E-state index is 13.3. The van der Waals surface area contributed by atoms with E-state index in [0.717, 1.165) is 41.9 Å². The summed E-state index contributed by atoms with van der Waals surface area (Å²) in [5.41, 5.74) is 5.69. The van der Waals surface area contributed by atoms with E-state index in [2.05, 4.69) is 15.8 Å². The molecule has 4 bridgehead atoms. The van der Waals surface area contributed by atoms with E-state index >= 15 is 0 Å². The molecule has 0 radical (unpaired) electrons. The molecule has 1 atom stereocenters. The molecule has 180 valence electrons. The number of benzene rings is 1. The van der Waals surface area contributed by atoms with Crippen LogP contribution in [0.25, 0.3) is 16.9 Å². The Kier molecular flexibility index (Phi) is 5.43. The first kappa shape index (κ1) is 22.0. The summed E-state index contributed by atoms with van der Waals surface area (Å²) >= 11 is 0. The van der Waals surface area contributed by atoms with Gasteiger partial charge in [-0.3, -0.25) is 14.0 Å². The van der Waals surface area contributed by atoms with Crippen molar-refractivity contribution >= 4 is 23.7 Å². The molecule has 7 heteroatoms. The number of fused-ring (bicyclic) bond motifs is 1. The van der Waals surface area contributed by atoms with E-state index in [1.807, 2.05) is 59.1 Å². The minimum atomic E-state index is -0.650. The van der Waals surface area contributed by atoms with Crippen molar-refractivity contribution < 1.29 is 9.59 Å². The molecule has 0 aliphatic heterocycles. The summed E-state index contributed by atoms with van der Waals surface area (Å²) in [5.74, 6) is 1.78. The lowest BCUT2D eigenvalue weighted by atomic mass is 9.49. The molecule has 4 fully saturated rings. The molecule has 4 saturated carbocycles. The molecule has 7 nitrogen and oxygen atoms in total. The van der Waals surface area contributed by atoms with Gasteiger partial charge in [-0.05, 0) is 75.3 Å². The van der Waals surface area contributed by atoms with Crippen LogP contribution in [0.15, 0.2) is 59.8 Å². The first-order valence-corrected chi connectivity index (χ1v) is 12.7. The molecule has 0 spiro atoms. The Balaban J connectivity index is 1.15. The van der Waals surface area contributed by atoms with Gasteiger partial charge in [-0.15, -0.1) is 0 Å². The Morgan fingerprint density at radius 2 is 1.69 bits per heavy atom. The van der Waals surface area contributed by atoms with Crippen LogP contribution in [0.5, 0.6) is 0 Å². The van der Waals surface area contributed by atoms with Crippen LogP contribution in [0.3, 0.4) is 0 Å². The lowest BCUT2D eigenvalue weighted by molar-refractivity contribution is -0.148. The number of nitrogens with zero attached hydrogens (tertiary/aromatic N) is 3. The van der Waals surface area contributed by atoms with E-state index in [-0.39, 0.29) is 17.2 Å². The van der Waals surface area contributed by atoms with Crippen molar-refractivity contribution in [2.24, 2.45) is 28.3 Å². The average Bonchev–Trinajstić information content (AvgIpc) is 3.22. The van der Waals surface area contributed by atoms with Crippen LogP contribution in [0, 0.1) is 23.2 Å². The SMILES string of the molecule is CC(NC(=O)C12CC3CC(CC(C3)C1)C2)C(=O)NN=Cc1c(-c2ccccc2)nc2ccccn12. The number of carbonyl (C=O) groups excluding carboxylic acids is 2. The summed E-state index contributed by atoms with van der Waals surface area (Å²) in [4.78, 5) is 30.8. The van der Waals surface area contributed by atoms with Gasteiger partial charge in [0.25, 0.3) is 5.91 Å². The predicted molar refractivity (Wildman–Crippen MR) is 135 cm³/mol. The van der Waals surface area contributed by atoms with Gasteiger partial charge in [-0.1, -0.05) is 36.4 Å². The van der Waals surface area contributed by atoms with Crippen molar-refractivity contribution in [2.45, 2.75) is 51.5 Å². The molecule has 4 aliphatic carbocycles. The van der Waals surface area contributed by atoms with Gasteiger partial charge in [0.15, 0.2) is 0 Å².